The molecule has 4 aromatic rings. The van der Waals surface area contributed by atoms with Gasteiger partial charge in [0.25, 0.3) is 0 Å². The van der Waals surface area contributed by atoms with E-state index in [1.54, 1.807) is 56.5 Å². The maximum Gasteiger partial charge on any atom is 0.508 e. The smallest absolute Gasteiger partial charge is 0.462 e. The molecule has 43 heteroatoms. The van der Waals surface area contributed by atoms with Crippen LogP contribution >= 0.6 is 11.8 Å². The van der Waals surface area contributed by atoms with Gasteiger partial charge in [0.2, 0.25) is 0 Å². The van der Waals surface area contributed by atoms with Gasteiger partial charge >= 0.3 is 40.9 Å². The summed E-state index contributed by atoms with van der Waals surface area (Å²) in [5.41, 5.74) is 0.323. The third-order valence-electron chi connectivity index (χ3n) is 13.9. The average Bonchev–Trinajstić information content (AvgIpc) is 1.62. The number of carbonyl (C=O) groups is 4. The number of nitrogens with zero attached hydrogens (tertiary/aromatic N) is 8. The minimum absolute atomic E-state index is 0.0292. The van der Waals surface area contributed by atoms with Gasteiger partial charge in [-0.25, -0.2) is 24.0 Å². The van der Waals surface area contributed by atoms with Gasteiger partial charge in [-0.2, -0.15) is 19.9 Å². The number of rotatable bonds is 22. The summed E-state index contributed by atoms with van der Waals surface area (Å²) >= 11 is 1.14. The summed E-state index contributed by atoms with van der Waals surface area (Å²) in [4.78, 5) is 109. The van der Waals surface area contributed by atoms with E-state index in [9.17, 15) is 79.2 Å². The Kier molecular flexibility index (Phi) is 28.1. The summed E-state index contributed by atoms with van der Waals surface area (Å²) in [5, 5.41) is 125. The molecule has 0 unspecified atom stereocenters. The molecule has 560 valence electrons. The molecule has 42 nitrogen and oxygen atoms in total. The van der Waals surface area contributed by atoms with Crippen molar-refractivity contribution in [2.45, 2.75) is 173 Å². The lowest BCUT2D eigenvalue weighted by atomic mass is 9.95. The topological polar surface area (TPSA) is 602 Å². The van der Waals surface area contributed by atoms with Crippen molar-refractivity contribution in [3.8, 4) is 0 Å². The zero-order chi connectivity index (χ0) is 78.6. The van der Waals surface area contributed by atoms with Crippen LogP contribution < -0.4 is 44.7 Å². The largest absolute Gasteiger partial charge is 0.508 e. The summed E-state index contributed by atoms with van der Waals surface area (Å²) in [6, 6.07) is 4.68. The van der Waals surface area contributed by atoms with Gasteiger partial charge < -0.3 is 88.6 Å². The Morgan fingerprint density at radius 2 is 0.800 bits per heavy atom. The van der Waals surface area contributed by atoms with Crippen molar-refractivity contribution in [3.05, 3.63) is 91.0 Å². The Labute approximate surface area is 577 Å². The second kappa shape index (κ2) is 36.7. The third-order valence-corrected chi connectivity index (χ3v) is 15.2. The molecule has 8 heterocycles. The fourth-order valence-electron chi connectivity index (χ4n) is 8.21. The predicted octanol–water partition coefficient (Wildman–Crippen LogP) is -3.31. The lowest BCUT2D eigenvalue weighted by molar-refractivity contribution is -0.162. The van der Waals surface area contributed by atoms with Crippen molar-refractivity contribution in [1.82, 2.24) is 38.2 Å². The molecule has 0 aromatic carbocycles. The fourth-order valence-corrected chi connectivity index (χ4v) is 9.03. The highest BCUT2D eigenvalue weighted by molar-refractivity contribution is 8.13. The van der Waals surface area contributed by atoms with Crippen molar-refractivity contribution < 1.29 is 134 Å². The summed E-state index contributed by atoms with van der Waals surface area (Å²) < 4.78 is 81.7. The summed E-state index contributed by atoms with van der Waals surface area (Å²) in [5.74, 6) is -1.54. The molecule has 8 rings (SSSR count). The molecule has 100 heavy (non-hydrogen) atoms. The first-order valence-electron chi connectivity index (χ1n) is 32.0. The molecule has 4 aliphatic rings. The fraction of sp³-hybridized carbons (Fsp3) is 0.649. The molecule has 0 spiro atoms. The number of esters is 2. The molecule has 4 aromatic heterocycles. The summed E-state index contributed by atoms with van der Waals surface area (Å²) in [6.45, 7) is 14.7. The number of hydrogen-bond donors (Lipinski definition) is 17. The zero-order valence-electron chi connectivity index (χ0n) is 59.3. The highest BCUT2D eigenvalue weighted by Crippen LogP contribution is 2.33. The molecule has 16 atom stereocenters. The second-order valence-electron chi connectivity index (χ2n) is 24.7. The first kappa shape index (κ1) is 76.4. The Morgan fingerprint density at radius 1 is 0.500 bits per heavy atom. The van der Waals surface area contributed by atoms with Crippen molar-refractivity contribution >= 4 is 58.2 Å². The lowest BCUT2D eigenvalue weighted by Crippen LogP contribution is -2.37. The number of carbonyl (C=O) groups excluding carboxylic acids is 4. The number of aliphatic hydroxyl groups is 9. The van der Waals surface area contributed by atoms with Gasteiger partial charge in [-0.05, 0) is 72.7 Å². The number of ether oxygens (including phenoxy) is 9. The summed E-state index contributed by atoms with van der Waals surface area (Å²) in [6.07, 6.45) is -24.9. The zero-order valence-corrected chi connectivity index (χ0v) is 56.1. The summed E-state index contributed by atoms with van der Waals surface area (Å²) in [7, 11) is 0. The predicted molar refractivity (Wildman–Crippen MR) is 337 cm³/mol. The van der Waals surface area contributed by atoms with Crippen molar-refractivity contribution in [1.29, 1.82) is 0 Å². The normalized spacial score (nSPS) is 29.9. The van der Waals surface area contributed by atoms with Crippen molar-refractivity contribution in [3.63, 3.8) is 0 Å². The lowest BCUT2D eigenvalue weighted by Gasteiger charge is -2.21. The van der Waals surface area contributed by atoms with Crippen LogP contribution in [0.3, 0.4) is 0 Å². The number of aromatic nitrogens is 8. The molecule has 4 saturated heterocycles. The second-order valence-corrected chi connectivity index (χ2v) is 25.8. The molecule has 4 fully saturated rings. The molecule has 17 N–H and O–H groups in total. The van der Waals surface area contributed by atoms with E-state index in [-0.39, 0.29) is 41.6 Å². The Bertz CT molecular complexity index is 3840. The number of aliphatic hydroxyl groups excluding tert-OH is 9. The SMILES string of the molecule is [2H][C@@]1(n2ccc(NO)nc2=O)O[C@H](COC(=O)C(C)(C)C)[C@@H](O)[C@H]1O.[2H][C@@]1(n2ccc(NO)nc2=O)O[C@H](COC(=O)C(C)(C)CO)[C@@H](O)[C@H]1O.[2H][C@@]1(n2ccc(NO)nc2=O)O[C@H](COC(=O)OC(C)C)[C@@H](O)[C@H]1O.[2H][C@@]1(n2ccc(NO)nc2=O)O[C@H](COCCSC(=O)C(C)(C)C)[C@@H](O)[C@H]1O. The quantitative estimate of drug-likeness (QED) is 0.0159. The van der Waals surface area contributed by atoms with E-state index >= 15 is 0 Å². The monoisotopic (exact) mass is 1450 g/mol. The van der Waals surface area contributed by atoms with Gasteiger partial charge in [0.1, 0.15) is 93.1 Å². The maximum atomic E-state index is 12.0. The number of hydrogen-bond acceptors (Lipinski definition) is 39. The van der Waals surface area contributed by atoms with Crippen LogP contribution in [0.15, 0.2) is 68.2 Å². The van der Waals surface area contributed by atoms with Crippen LogP contribution in [-0.2, 0) is 57.0 Å². The minimum atomic E-state index is -2.42. The van der Waals surface area contributed by atoms with E-state index in [0.29, 0.717) is 24.0 Å². The van der Waals surface area contributed by atoms with E-state index in [2.05, 4.69) is 19.9 Å². The van der Waals surface area contributed by atoms with Gasteiger partial charge in [0.15, 0.2) is 53.2 Å². The molecule has 0 aliphatic carbocycles. The Balaban J connectivity index is 0.000000249. The Morgan fingerprint density at radius 3 is 1.07 bits per heavy atom. The first-order chi connectivity index (χ1) is 48.3. The van der Waals surface area contributed by atoms with E-state index in [0.717, 1.165) is 48.7 Å². The molecule has 4 aliphatic heterocycles. The van der Waals surface area contributed by atoms with Crippen LogP contribution in [-0.4, -0.2) is 253 Å². The van der Waals surface area contributed by atoms with Gasteiger partial charge in [0.05, 0.1) is 42.2 Å². The highest BCUT2D eigenvalue weighted by atomic mass is 32.2. The van der Waals surface area contributed by atoms with E-state index in [4.69, 9.17) is 74.1 Å². The molecule has 0 bridgehead atoms. The standard InChI is InChI=1S/C16H25N3O7S.C14H21N3O8.C14H21N3O7.C13H19N3O8/c1-16(2,3)14(22)27-7-6-25-8-9-11(20)12(21)13(26-9)19-5-4-10(18-24)17-15(19)23;1-14(2,6-18)12(21)24-5-7-9(19)10(20)11(25-7)17-4-3-8(16-23)15-13(17)22;1-14(2,3)12(20)23-6-7-9(18)10(19)11(24-7)17-5-4-8(16-22)15-13(17)21;1-6(2)23-13(20)22-5-7-9(17)10(18)11(24-7)16-4-3-8(15-21)14-12(16)19/h4-5,9,11-13,20-21,24H,6-8H2,1-3H3,(H,17,18,23);3-4,7,9-11,18-20,23H,5-6H2,1-2H3,(H,15,16,22);4-5,7,9-11,18-19,22H,6H2,1-3H3,(H,15,16,21);3-4,6-7,9-11,17-18,21H,5H2,1-2H3,(H,14,15,19)/t9-,11-,12-,13-;3*7-,9-,10-,11-/m1111/s1/i13D;3*11D. The van der Waals surface area contributed by atoms with Crippen LogP contribution in [0.1, 0.15) is 99.5 Å². The van der Waals surface area contributed by atoms with Gasteiger partial charge in [0, 0.05) is 36.0 Å². The van der Waals surface area contributed by atoms with Gasteiger partial charge in [-0.15, -0.1) is 0 Å². The molecular weight excluding hydrogens is 1360 g/mol. The van der Waals surface area contributed by atoms with Gasteiger partial charge in [-0.3, -0.25) is 75.4 Å². The third kappa shape index (κ3) is 22.1. The minimum Gasteiger partial charge on any atom is -0.462 e. The average molecular weight is 1460 g/mol. The van der Waals surface area contributed by atoms with Gasteiger partial charge in [-0.1, -0.05) is 32.5 Å². The van der Waals surface area contributed by atoms with Crippen LogP contribution in [0.5, 0.6) is 0 Å². The van der Waals surface area contributed by atoms with Crippen LogP contribution in [0.2, 0.25) is 0 Å². The number of nitrogens with one attached hydrogen (secondary N) is 4. The molecule has 0 saturated carbocycles. The van der Waals surface area contributed by atoms with E-state index in [1.807, 2.05) is 20.8 Å². The number of anilines is 4. The first-order valence-corrected chi connectivity index (χ1v) is 31.0. The van der Waals surface area contributed by atoms with Crippen LogP contribution in [0.25, 0.3) is 0 Å². The molecule has 0 radical (unpaired) electrons. The number of thioether (sulfide) groups is 1. The van der Waals surface area contributed by atoms with Crippen molar-refractivity contribution in [2.24, 2.45) is 16.2 Å². The van der Waals surface area contributed by atoms with E-state index in [1.165, 1.54) is 26.0 Å². The van der Waals surface area contributed by atoms with Crippen molar-refractivity contribution in [2.75, 3.05) is 67.3 Å². The maximum absolute atomic E-state index is 12.0. The Hall–Kier alpha value is -7.77. The van der Waals surface area contributed by atoms with Crippen LogP contribution in [0, 0.1) is 16.2 Å². The highest BCUT2D eigenvalue weighted by Gasteiger charge is 2.49. The molecular formula is C57H86N12O30S. The van der Waals surface area contributed by atoms with E-state index < -0.39 is 188 Å². The van der Waals surface area contributed by atoms with Crippen LogP contribution in [0.4, 0.5) is 28.1 Å². The molecule has 0 amide bonds.